The minimum atomic E-state index is -0.982. The first-order valence-electron chi connectivity index (χ1n) is 14.7. The SMILES string of the molecule is C=CC(=O)N1CCN(C2NC(OCC3CCCN3C)NC3C[C@@]4(CCC32)Sc2ccccc2C4F)CC1CC#N. The van der Waals surface area contributed by atoms with Gasteiger partial charge in [0.1, 0.15) is 6.17 Å². The number of hydrogen-bond donors (Lipinski definition) is 2. The summed E-state index contributed by atoms with van der Waals surface area (Å²) in [4.78, 5) is 20.1. The number of ether oxygens (including phenoxy) is 1. The van der Waals surface area contributed by atoms with Crippen LogP contribution < -0.4 is 10.6 Å². The highest BCUT2D eigenvalue weighted by Gasteiger charge is 2.55. The number of likely N-dealkylation sites (tertiary alicyclic amines) is 1. The standard InChI is InChI=1S/C30H41FN6O2S/c1-3-26(38)37-16-15-36(18-20(37)11-13-32)28-22-10-12-30(27(31)23-8-4-5-9-25(23)40-30)17-24(22)33-29(34-28)39-19-21-7-6-14-35(21)2/h3-5,8-9,20-22,24,27-29,33-34H,1,6-7,10-12,14-19H2,2H3/t20?,21?,22?,24?,27?,28?,29?,30-/m1/s1. The molecular weight excluding hydrogens is 527 g/mol. The highest BCUT2D eigenvalue weighted by Crippen LogP contribution is 2.61. The van der Waals surface area contributed by atoms with Crippen LogP contribution in [0.25, 0.3) is 0 Å². The van der Waals surface area contributed by atoms with Gasteiger partial charge in [0.2, 0.25) is 5.91 Å². The highest BCUT2D eigenvalue weighted by atomic mass is 32.2. The molecule has 0 aromatic heterocycles. The van der Waals surface area contributed by atoms with Crippen LogP contribution in [0.5, 0.6) is 0 Å². The highest BCUT2D eigenvalue weighted by molar-refractivity contribution is 8.01. The molecule has 6 rings (SSSR count). The van der Waals surface area contributed by atoms with Crippen LogP contribution in [0, 0.1) is 17.2 Å². The smallest absolute Gasteiger partial charge is 0.246 e. The van der Waals surface area contributed by atoms with Crippen LogP contribution in [0.1, 0.15) is 50.3 Å². The average Bonchev–Trinajstić information content (AvgIpc) is 3.50. The third-order valence-electron chi connectivity index (χ3n) is 9.86. The van der Waals surface area contributed by atoms with E-state index < -0.39 is 10.9 Å². The Hall–Kier alpha value is -2.00. The minimum absolute atomic E-state index is 0.0175. The minimum Gasteiger partial charge on any atom is -0.348 e. The number of thioether (sulfide) groups is 1. The number of amides is 1. The molecule has 10 heteroatoms. The van der Waals surface area contributed by atoms with E-state index in [0.29, 0.717) is 32.3 Å². The number of nitrogens with one attached hydrogen (secondary N) is 2. The van der Waals surface area contributed by atoms with Crippen molar-refractivity contribution < 1.29 is 13.9 Å². The van der Waals surface area contributed by atoms with Crippen LogP contribution in [-0.2, 0) is 9.53 Å². The molecule has 1 aromatic rings. The normalized spacial score (nSPS) is 38.1. The number of nitriles is 1. The van der Waals surface area contributed by atoms with Gasteiger partial charge < -0.3 is 14.5 Å². The summed E-state index contributed by atoms with van der Waals surface area (Å²) in [7, 11) is 2.15. The van der Waals surface area contributed by atoms with Gasteiger partial charge in [0.15, 0.2) is 6.35 Å². The summed E-state index contributed by atoms with van der Waals surface area (Å²) in [5.74, 6) is 0.143. The molecule has 5 aliphatic rings. The van der Waals surface area contributed by atoms with E-state index >= 15 is 4.39 Å². The number of carbonyl (C=O) groups is 1. The van der Waals surface area contributed by atoms with Crippen molar-refractivity contribution in [3.8, 4) is 6.07 Å². The Morgan fingerprint density at radius 2 is 2.12 bits per heavy atom. The fourth-order valence-corrected chi connectivity index (χ4v) is 9.26. The Balaban J connectivity index is 1.22. The molecule has 1 aliphatic carbocycles. The van der Waals surface area contributed by atoms with E-state index in [9.17, 15) is 10.1 Å². The number of likely N-dealkylation sites (N-methyl/N-ethyl adjacent to an activating group) is 1. The van der Waals surface area contributed by atoms with Gasteiger partial charge in [-0.15, -0.1) is 11.8 Å². The van der Waals surface area contributed by atoms with Gasteiger partial charge in [-0.3, -0.25) is 20.3 Å². The van der Waals surface area contributed by atoms with Crippen LogP contribution in [0.15, 0.2) is 41.8 Å². The van der Waals surface area contributed by atoms with Gasteiger partial charge in [-0.05, 0) is 57.8 Å². The van der Waals surface area contributed by atoms with E-state index in [-0.39, 0.29) is 42.8 Å². The summed E-state index contributed by atoms with van der Waals surface area (Å²) in [6.45, 7) is 7.27. The molecule has 0 radical (unpaired) electrons. The zero-order chi connectivity index (χ0) is 27.9. The predicted octanol–water partition coefficient (Wildman–Crippen LogP) is 3.24. The topological polar surface area (TPSA) is 83.9 Å². The molecular formula is C30H41FN6O2S. The zero-order valence-electron chi connectivity index (χ0n) is 23.3. The third kappa shape index (κ3) is 5.21. The second kappa shape index (κ2) is 11.7. The molecule has 7 unspecified atom stereocenters. The Morgan fingerprint density at radius 1 is 1.27 bits per heavy atom. The van der Waals surface area contributed by atoms with E-state index in [4.69, 9.17) is 4.74 Å². The molecule has 1 aromatic carbocycles. The van der Waals surface area contributed by atoms with Crippen molar-refractivity contribution in [2.45, 2.75) is 85.0 Å². The second-order valence-corrected chi connectivity index (χ2v) is 13.6. The quantitative estimate of drug-likeness (QED) is 0.507. The lowest BCUT2D eigenvalue weighted by Crippen LogP contribution is -2.72. The first kappa shape index (κ1) is 28.1. The zero-order valence-corrected chi connectivity index (χ0v) is 24.1. The molecule has 0 bridgehead atoms. The number of rotatable bonds is 6. The molecule has 216 valence electrons. The maximum absolute atomic E-state index is 16.1. The van der Waals surface area contributed by atoms with Crippen molar-refractivity contribution in [1.29, 1.82) is 5.26 Å². The number of hydrogen-bond acceptors (Lipinski definition) is 8. The van der Waals surface area contributed by atoms with Gasteiger partial charge in [-0.1, -0.05) is 24.8 Å². The average molecular weight is 569 g/mol. The van der Waals surface area contributed by atoms with Gasteiger partial charge in [-0.2, -0.15) is 5.26 Å². The van der Waals surface area contributed by atoms with Crippen molar-refractivity contribution in [1.82, 2.24) is 25.3 Å². The molecule has 2 N–H and O–H groups in total. The molecule has 1 saturated carbocycles. The third-order valence-corrected chi connectivity index (χ3v) is 11.4. The summed E-state index contributed by atoms with van der Waals surface area (Å²) < 4.78 is 22.1. The first-order chi connectivity index (χ1) is 19.4. The molecule has 8 nitrogen and oxygen atoms in total. The molecule has 4 fully saturated rings. The number of fused-ring (bicyclic) bond motifs is 2. The van der Waals surface area contributed by atoms with Gasteiger partial charge in [0.05, 0.1) is 36.1 Å². The van der Waals surface area contributed by atoms with Crippen LogP contribution in [0.4, 0.5) is 4.39 Å². The fraction of sp³-hybridized carbons (Fsp3) is 0.667. The van der Waals surface area contributed by atoms with Crippen LogP contribution in [0.3, 0.4) is 0 Å². The van der Waals surface area contributed by atoms with E-state index in [1.807, 2.05) is 18.2 Å². The fourth-order valence-electron chi connectivity index (χ4n) is 7.67. The summed E-state index contributed by atoms with van der Waals surface area (Å²) in [6.07, 6.45) is 5.07. The number of carbonyl (C=O) groups excluding carboxylic acids is 1. The number of alkyl halides is 1. The van der Waals surface area contributed by atoms with Crippen molar-refractivity contribution >= 4 is 17.7 Å². The predicted molar refractivity (Wildman–Crippen MR) is 153 cm³/mol. The number of halogens is 1. The van der Waals surface area contributed by atoms with E-state index in [1.165, 1.54) is 12.5 Å². The molecule has 4 aliphatic heterocycles. The molecule has 1 spiro atoms. The largest absolute Gasteiger partial charge is 0.348 e. The monoisotopic (exact) mass is 568 g/mol. The van der Waals surface area contributed by atoms with Crippen LogP contribution in [0.2, 0.25) is 0 Å². The number of benzene rings is 1. The Labute approximate surface area is 241 Å². The summed E-state index contributed by atoms with van der Waals surface area (Å²) in [5.41, 5.74) is 0.829. The number of piperazine rings is 1. The summed E-state index contributed by atoms with van der Waals surface area (Å²) in [6, 6.07) is 10.5. The first-order valence-corrected chi connectivity index (χ1v) is 15.5. The number of nitrogens with zero attached hydrogens (tertiary/aromatic N) is 4. The van der Waals surface area contributed by atoms with Crippen molar-refractivity contribution in [2.24, 2.45) is 5.92 Å². The van der Waals surface area contributed by atoms with Crippen LogP contribution in [-0.4, -0.2) is 95.8 Å². The molecule has 3 saturated heterocycles. The molecule has 1 amide bonds. The Kier molecular flexibility index (Phi) is 8.23. The molecule has 4 heterocycles. The van der Waals surface area contributed by atoms with E-state index in [2.05, 4.69) is 46.2 Å². The lowest BCUT2D eigenvalue weighted by molar-refractivity contribution is -0.136. The van der Waals surface area contributed by atoms with Gasteiger partial charge >= 0.3 is 0 Å². The molecule has 8 atom stereocenters. The maximum Gasteiger partial charge on any atom is 0.246 e. The van der Waals surface area contributed by atoms with Gasteiger partial charge in [0.25, 0.3) is 0 Å². The van der Waals surface area contributed by atoms with Crippen LogP contribution >= 0.6 is 11.8 Å². The van der Waals surface area contributed by atoms with Crippen molar-refractivity contribution in [3.05, 3.63) is 42.5 Å². The van der Waals surface area contributed by atoms with Crippen molar-refractivity contribution in [3.63, 3.8) is 0 Å². The Bertz CT molecular complexity index is 1150. The Morgan fingerprint density at radius 3 is 2.88 bits per heavy atom. The summed E-state index contributed by atoms with van der Waals surface area (Å²) in [5, 5.41) is 17.0. The second-order valence-electron chi connectivity index (χ2n) is 12.1. The lowest BCUT2D eigenvalue weighted by Gasteiger charge is -2.55. The van der Waals surface area contributed by atoms with E-state index in [0.717, 1.165) is 42.7 Å². The lowest BCUT2D eigenvalue weighted by atomic mass is 9.72. The van der Waals surface area contributed by atoms with Gasteiger partial charge in [0, 0.05) is 48.1 Å². The van der Waals surface area contributed by atoms with E-state index in [1.54, 1.807) is 16.7 Å². The maximum atomic E-state index is 16.1. The summed E-state index contributed by atoms with van der Waals surface area (Å²) >= 11 is 1.72. The van der Waals surface area contributed by atoms with Gasteiger partial charge in [-0.25, -0.2) is 4.39 Å². The van der Waals surface area contributed by atoms with Crippen molar-refractivity contribution in [2.75, 3.05) is 39.8 Å². The molecule has 40 heavy (non-hydrogen) atoms.